The SMILES string of the molecule is CCN(CC(=O)NC)C(=O)C(C)(C)C(C)(C)N. The zero-order chi connectivity index (χ0) is 13.9. The molecule has 0 saturated carbocycles. The van der Waals surface area contributed by atoms with Crippen molar-refractivity contribution in [3.63, 3.8) is 0 Å². The van der Waals surface area contributed by atoms with Crippen LogP contribution in [0.5, 0.6) is 0 Å². The fourth-order valence-corrected chi connectivity index (χ4v) is 1.25. The Labute approximate surface area is 104 Å². The molecule has 0 spiro atoms. The Hall–Kier alpha value is -1.10. The second kappa shape index (κ2) is 5.49. The largest absolute Gasteiger partial charge is 0.358 e. The molecule has 0 aliphatic heterocycles. The molecule has 2 amide bonds. The van der Waals surface area contributed by atoms with Crippen molar-refractivity contribution in [3.05, 3.63) is 0 Å². The van der Waals surface area contributed by atoms with Gasteiger partial charge in [0.25, 0.3) is 0 Å². The number of rotatable bonds is 5. The van der Waals surface area contributed by atoms with E-state index in [1.165, 1.54) is 4.90 Å². The molecule has 0 aromatic heterocycles. The number of carbonyl (C=O) groups is 2. The molecule has 0 fully saturated rings. The van der Waals surface area contributed by atoms with Gasteiger partial charge in [0, 0.05) is 19.1 Å². The molecule has 5 nitrogen and oxygen atoms in total. The van der Waals surface area contributed by atoms with Gasteiger partial charge in [-0.25, -0.2) is 0 Å². The minimum absolute atomic E-state index is 0.0747. The van der Waals surface area contributed by atoms with Crippen LogP contribution < -0.4 is 11.1 Å². The molecule has 0 aromatic carbocycles. The highest BCUT2D eigenvalue weighted by atomic mass is 16.2. The van der Waals surface area contributed by atoms with Gasteiger partial charge >= 0.3 is 0 Å². The smallest absolute Gasteiger partial charge is 0.239 e. The number of carbonyl (C=O) groups excluding carboxylic acids is 2. The molecule has 0 saturated heterocycles. The predicted octanol–water partition coefficient (Wildman–Crippen LogP) is 0.344. The molecule has 17 heavy (non-hydrogen) atoms. The Kier molecular flexibility index (Phi) is 5.13. The van der Waals surface area contributed by atoms with Crippen LogP contribution in [0, 0.1) is 5.41 Å². The van der Waals surface area contributed by atoms with Gasteiger partial charge in [0.05, 0.1) is 12.0 Å². The fourth-order valence-electron chi connectivity index (χ4n) is 1.25. The zero-order valence-electron chi connectivity index (χ0n) is 11.8. The summed E-state index contributed by atoms with van der Waals surface area (Å²) < 4.78 is 0. The molecule has 0 rings (SSSR count). The van der Waals surface area contributed by atoms with E-state index in [2.05, 4.69) is 5.32 Å². The van der Waals surface area contributed by atoms with Crippen molar-refractivity contribution >= 4 is 11.8 Å². The van der Waals surface area contributed by atoms with E-state index in [1.807, 2.05) is 34.6 Å². The molecule has 0 unspecified atom stereocenters. The Morgan fingerprint density at radius 2 is 1.71 bits per heavy atom. The molecule has 0 bridgehead atoms. The zero-order valence-corrected chi connectivity index (χ0v) is 11.8. The van der Waals surface area contributed by atoms with E-state index in [-0.39, 0.29) is 18.4 Å². The summed E-state index contributed by atoms with van der Waals surface area (Å²) in [6.45, 7) is 9.67. The highest BCUT2D eigenvalue weighted by Gasteiger charge is 2.42. The Morgan fingerprint density at radius 3 is 2.00 bits per heavy atom. The number of nitrogens with one attached hydrogen (secondary N) is 1. The molecule has 5 heteroatoms. The number of nitrogens with zero attached hydrogens (tertiary/aromatic N) is 1. The molecule has 0 heterocycles. The molecule has 0 aliphatic carbocycles. The van der Waals surface area contributed by atoms with E-state index in [1.54, 1.807) is 7.05 Å². The van der Waals surface area contributed by atoms with Crippen molar-refractivity contribution in [1.29, 1.82) is 0 Å². The maximum Gasteiger partial charge on any atom is 0.239 e. The third kappa shape index (κ3) is 3.70. The first-order chi connectivity index (χ1) is 7.57. The Morgan fingerprint density at radius 1 is 1.24 bits per heavy atom. The Bertz CT molecular complexity index is 293. The lowest BCUT2D eigenvalue weighted by Gasteiger charge is -2.40. The average molecular weight is 243 g/mol. The molecule has 0 atom stereocenters. The minimum atomic E-state index is -0.711. The van der Waals surface area contributed by atoms with Crippen LogP contribution >= 0.6 is 0 Å². The number of likely N-dealkylation sites (N-methyl/N-ethyl adjacent to an activating group) is 2. The second-order valence-electron chi connectivity index (χ2n) is 5.34. The number of hydrogen-bond donors (Lipinski definition) is 2. The van der Waals surface area contributed by atoms with Gasteiger partial charge in [-0.2, -0.15) is 0 Å². The van der Waals surface area contributed by atoms with Crippen LogP contribution in [-0.4, -0.2) is 42.4 Å². The summed E-state index contributed by atoms with van der Waals surface area (Å²) >= 11 is 0. The van der Waals surface area contributed by atoms with Crippen LogP contribution in [0.4, 0.5) is 0 Å². The highest BCUT2D eigenvalue weighted by Crippen LogP contribution is 2.30. The molecule has 100 valence electrons. The van der Waals surface area contributed by atoms with Gasteiger partial charge in [-0.3, -0.25) is 9.59 Å². The summed E-state index contributed by atoms with van der Waals surface area (Å²) in [5, 5.41) is 2.51. The third-order valence-corrected chi connectivity index (χ3v) is 3.43. The van der Waals surface area contributed by atoms with Gasteiger partial charge in [-0.1, -0.05) is 0 Å². The first kappa shape index (κ1) is 15.9. The lowest BCUT2D eigenvalue weighted by molar-refractivity contribution is -0.146. The van der Waals surface area contributed by atoms with Gasteiger partial charge in [0.2, 0.25) is 11.8 Å². The monoisotopic (exact) mass is 243 g/mol. The molecular weight excluding hydrogens is 218 g/mol. The molecule has 3 N–H and O–H groups in total. The standard InChI is InChI=1S/C12H25N3O2/c1-7-15(8-9(16)14-6)10(17)11(2,3)12(4,5)13/h7-8,13H2,1-6H3,(H,14,16). The number of amides is 2. The molecule has 0 aromatic rings. The summed E-state index contributed by atoms with van der Waals surface area (Å²) in [6, 6.07) is 0. The van der Waals surface area contributed by atoms with E-state index in [4.69, 9.17) is 5.73 Å². The maximum absolute atomic E-state index is 12.4. The van der Waals surface area contributed by atoms with Crippen LogP contribution in [0.3, 0.4) is 0 Å². The van der Waals surface area contributed by atoms with Crippen LogP contribution in [0.15, 0.2) is 0 Å². The topological polar surface area (TPSA) is 75.4 Å². The molecule has 0 radical (unpaired) electrons. The third-order valence-electron chi connectivity index (χ3n) is 3.43. The van der Waals surface area contributed by atoms with Crippen molar-refractivity contribution in [2.75, 3.05) is 20.1 Å². The van der Waals surface area contributed by atoms with Gasteiger partial charge in [-0.15, -0.1) is 0 Å². The lowest BCUT2D eigenvalue weighted by Crippen LogP contribution is -2.57. The first-order valence-corrected chi connectivity index (χ1v) is 5.86. The lowest BCUT2D eigenvalue weighted by atomic mass is 9.74. The summed E-state index contributed by atoms with van der Waals surface area (Å²) in [7, 11) is 1.55. The first-order valence-electron chi connectivity index (χ1n) is 5.86. The van der Waals surface area contributed by atoms with Gasteiger partial charge in [0.15, 0.2) is 0 Å². The van der Waals surface area contributed by atoms with Crippen molar-refractivity contribution in [1.82, 2.24) is 10.2 Å². The van der Waals surface area contributed by atoms with Crippen LogP contribution in [0.1, 0.15) is 34.6 Å². The average Bonchev–Trinajstić information content (AvgIpc) is 2.22. The number of hydrogen-bond acceptors (Lipinski definition) is 3. The summed E-state index contributed by atoms with van der Waals surface area (Å²) in [6.07, 6.45) is 0. The Balaban J connectivity index is 4.93. The van der Waals surface area contributed by atoms with E-state index in [0.29, 0.717) is 6.54 Å². The van der Waals surface area contributed by atoms with Crippen LogP contribution in [-0.2, 0) is 9.59 Å². The number of nitrogens with two attached hydrogens (primary N) is 1. The quantitative estimate of drug-likeness (QED) is 0.731. The van der Waals surface area contributed by atoms with Gasteiger partial charge in [0.1, 0.15) is 0 Å². The highest BCUT2D eigenvalue weighted by molar-refractivity contribution is 5.88. The van der Waals surface area contributed by atoms with E-state index >= 15 is 0 Å². The fraction of sp³-hybridized carbons (Fsp3) is 0.833. The maximum atomic E-state index is 12.4. The van der Waals surface area contributed by atoms with E-state index < -0.39 is 11.0 Å². The van der Waals surface area contributed by atoms with Crippen molar-refractivity contribution < 1.29 is 9.59 Å². The van der Waals surface area contributed by atoms with E-state index in [0.717, 1.165) is 0 Å². The van der Waals surface area contributed by atoms with Crippen LogP contribution in [0.25, 0.3) is 0 Å². The van der Waals surface area contributed by atoms with Gasteiger partial charge in [-0.05, 0) is 34.6 Å². The van der Waals surface area contributed by atoms with E-state index in [9.17, 15) is 9.59 Å². The second-order valence-corrected chi connectivity index (χ2v) is 5.34. The minimum Gasteiger partial charge on any atom is -0.358 e. The normalized spacial score (nSPS) is 12.2. The van der Waals surface area contributed by atoms with Crippen molar-refractivity contribution in [3.8, 4) is 0 Å². The predicted molar refractivity (Wildman–Crippen MR) is 68.4 cm³/mol. The molecule has 0 aliphatic rings. The van der Waals surface area contributed by atoms with Crippen LogP contribution in [0.2, 0.25) is 0 Å². The summed E-state index contributed by atoms with van der Waals surface area (Å²) in [5.41, 5.74) is 4.67. The van der Waals surface area contributed by atoms with Crippen molar-refractivity contribution in [2.24, 2.45) is 11.1 Å². The summed E-state index contributed by atoms with van der Waals surface area (Å²) in [4.78, 5) is 25.2. The van der Waals surface area contributed by atoms with Crippen molar-refractivity contribution in [2.45, 2.75) is 40.2 Å². The summed E-state index contributed by atoms with van der Waals surface area (Å²) in [5.74, 6) is -0.276. The van der Waals surface area contributed by atoms with Gasteiger partial charge < -0.3 is 16.0 Å². The molecular formula is C12H25N3O2.